The van der Waals surface area contributed by atoms with Gasteiger partial charge in [0.25, 0.3) is 0 Å². The molecule has 0 unspecified atom stereocenters. The molecule has 1 aliphatic carbocycles. The summed E-state index contributed by atoms with van der Waals surface area (Å²) < 4.78 is 5.31. The van der Waals surface area contributed by atoms with Crippen LogP contribution >= 0.6 is 0 Å². The Morgan fingerprint density at radius 2 is 1.83 bits per heavy atom. The molecule has 18 heavy (non-hydrogen) atoms. The zero-order valence-corrected chi connectivity index (χ0v) is 10.9. The van der Waals surface area contributed by atoms with E-state index in [9.17, 15) is 9.59 Å². The van der Waals surface area contributed by atoms with Crippen LogP contribution in [0.1, 0.15) is 47.2 Å². The van der Waals surface area contributed by atoms with Crippen molar-refractivity contribution in [3.8, 4) is 0 Å². The van der Waals surface area contributed by atoms with E-state index < -0.39 is 6.10 Å². The molecule has 3 heteroatoms. The fourth-order valence-electron chi connectivity index (χ4n) is 2.37. The normalized spacial score (nSPS) is 19.7. The van der Waals surface area contributed by atoms with E-state index in [0.29, 0.717) is 18.4 Å². The molecule has 0 bridgehead atoms. The minimum absolute atomic E-state index is 0.0546. The Morgan fingerprint density at radius 1 is 1.17 bits per heavy atom. The van der Waals surface area contributed by atoms with Crippen LogP contribution < -0.4 is 0 Å². The standard InChI is InChI=1S/C15H18O3/c1-10-7-11(2)9-12(8-10)15(17)18-14-6-4-3-5-13(14)16/h7-9,14H,3-6H2,1-2H3/t14-/m1/s1. The van der Waals surface area contributed by atoms with Gasteiger partial charge in [-0.15, -0.1) is 0 Å². The zero-order valence-electron chi connectivity index (χ0n) is 10.9. The van der Waals surface area contributed by atoms with Gasteiger partial charge in [0, 0.05) is 6.42 Å². The molecule has 1 saturated carbocycles. The molecule has 2 rings (SSSR count). The molecule has 0 aliphatic heterocycles. The summed E-state index contributed by atoms with van der Waals surface area (Å²) in [6.07, 6.45) is 2.53. The summed E-state index contributed by atoms with van der Waals surface area (Å²) in [6.45, 7) is 3.88. The molecule has 96 valence electrons. The van der Waals surface area contributed by atoms with Crippen molar-refractivity contribution < 1.29 is 14.3 Å². The summed E-state index contributed by atoms with van der Waals surface area (Å²) in [7, 11) is 0. The third kappa shape index (κ3) is 2.97. The molecule has 0 amide bonds. The molecule has 0 saturated heterocycles. The van der Waals surface area contributed by atoms with E-state index in [0.717, 1.165) is 24.0 Å². The maximum Gasteiger partial charge on any atom is 0.338 e. The highest BCUT2D eigenvalue weighted by atomic mass is 16.5. The Labute approximate surface area is 107 Å². The second kappa shape index (κ2) is 5.34. The molecule has 0 aromatic heterocycles. The van der Waals surface area contributed by atoms with Crippen LogP contribution in [0.15, 0.2) is 18.2 Å². The predicted octanol–water partition coefficient (Wildman–Crippen LogP) is 2.97. The average molecular weight is 246 g/mol. The van der Waals surface area contributed by atoms with Crippen molar-refractivity contribution in [1.82, 2.24) is 0 Å². The second-order valence-corrected chi connectivity index (χ2v) is 4.98. The number of benzene rings is 1. The molecular weight excluding hydrogens is 228 g/mol. The number of ether oxygens (including phenoxy) is 1. The first kappa shape index (κ1) is 12.8. The fraction of sp³-hybridized carbons (Fsp3) is 0.467. The molecule has 0 spiro atoms. The number of hydrogen-bond acceptors (Lipinski definition) is 3. The molecule has 1 aliphatic rings. The SMILES string of the molecule is Cc1cc(C)cc(C(=O)O[C@@H]2CCCCC2=O)c1. The number of carbonyl (C=O) groups excluding carboxylic acids is 2. The van der Waals surface area contributed by atoms with Gasteiger partial charge in [-0.1, -0.05) is 17.2 Å². The number of Topliss-reactive ketones (excluding diaryl/α,β-unsaturated/α-hetero) is 1. The lowest BCUT2D eigenvalue weighted by Gasteiger charge is -2.20. The van der Waals surface area contributed by atoms with Crippen LogP contribution in [0.25, 0.3) is 0 Å². The van der Waals surface area contributed by atoms with E-state index in [1.165, 1.54) is 0 Å². The van der Waals surface area contributed by atoms with E-state index >= 15 is 0 Å². The fourth-order valence-corrected chi connectivity index (χ4v) is 2.37. The van der Waals surface area contributed by atoms with E-state index in [4.69, 9.17) is 4.74 Å². The molecule has 1 fully saturated rings. The summed E-state index contributed by atoms with van der Waals surface area (Å²) in [5, 5.41) is 0. The lowest BCUT2D eigenvalue weighted by atomic mass is 9.96. The summed E-state index contributed by atoms with van der Waals surface area (Å²) >= 11 is 0. The molecular formula is C15H18O3. The van der Waals surface area contributed by atoms with Gasteiger partial charge >= 0.3 is 5.97 Å². The van der Waals surface area contributed by atoms with Crippen molar-refractivity contribution in [1.29, 1.82) is 0 Å². The molecule has 1 aromatic carbocycles. The Kier molecular flexibility index (Phi) is 3.80. The largest absolute Gasteiger partial charge is 0.451 e. The van der Waals surface area contributed by atoms with Gasteiger partial charge in [0.1, 0.15) is 0 Å². The maximum atomic E-state index is 12.0. The smallest absolute Gasteiger partial charge is 0.338 e. The van der Waals surface area contributed by atoms with Crippen molar-refractivity contribution in [2.24, 2.45) is 0 Å². The molecule has 0 radical (unpaired) electrons. The molecule has 3 nitrogen and oxygen atoms in total. The van der Waals surface area contributed by atoms with Crippen molar-refractivity contribution in [2.75, 3.05) is 0 Å². The number of aryl methyl sites for hydroxylation is 2. The van der Waals surface area contributed by atoms with Crippen LogP contribution in [-0.4, -0.2) is 17.9 Å². The van der Waals surface area contributed by atoms with Gasteiger partial charge in [0.15, 0.2) is 11.9 Å². The van der Waals surface area contributed by atoms with Gasteiger partial charge in [0.05, 0.1) is 5.56 Å². The molecule has 1 atom stereocenters. The van der Waals surface area contributed by atoms with Crippen LogP contribution in [0.2, 0.25) is 0 Å². The van der Waals surface area contributed by atoms with Gasteiger partial charge in [-0.25, -0.2) is 4.79 Å². The Morgan fingerprint density at radius 3 is 2.44 bits per heavy atom. The van der Waals surface area contributed by atoms with Gasteiger partial charge in [-0.2, -0.15) is 0 Å². The number of hydrogen-bond donors (Lipinski definition) is 0. The van der Waals surface area contributed by atoms with Crippen LogP contribution in [0.3, 0.4) is 0 Å². The molecule has 0 N–H and O–H groups in total. The monoisotopic (exact) mass is 246 g/mol. The number of esters is 1. The number of carbonyl (C=O) groups is 2. The van der Waals surface area contributed by atoms with Crippen LogP contribution in [0, 0.1) is 13.8 Å². The minimum atomic E-state index is -0.535. The highest BCUT2D eigenvalue weighted by Crippen LogP contribution is 2.19. The second-order valence-electron chi connectivity index (χ2n) is 4.98. The van der Waals surface area contributed by atoms with Crippen LogP contribution in [0.5, 0.6) is 0 Å². The lowest BCUT2D eigenvalue weighted by molar-refractivity contribution is -0.129. The molecule has 1 aromatic rings. The van der Waals surface area contributed by atoms with Crippen molar-refractivity contribution in [2.45, 2.75) is 45.6 Å². The van der Waals surface area contributed by atoms with Crippen molar-refractivity contribution >= 4 is 11.8 Å². The zero-order chi connectivity index (χ0) is 13.1. The third-order valence-electron chi connectivity index (χ3n) is 3.21. The maximum absolute atomic E-state index is 12.0. The minimum Gasteiger partial charge on any atom is -0.451 e. The van der Waals surface area contributed by atoms with Gasteiger partial charge in [-0.05, 0) is 45.2 Å². The van der Waals surface area contributed by atoms with Gasteiger partial charge < -0.3 is 4.74 Å². The van der Waals surface area contributed by atoms with Gasteiger partial charge in [0.2, 0.25) is 0 Å². The summed E-state index contributed by atoms with van der Waals surface area (Å²) in [4.78, 5) is 23.6. The number of rotatable bonds is 2. The summed E-state index contributed by atoms with van der Waals surface area (Å²) in [5.74, 6) is -0.332. The Bertz CT molecular complexity index is 456. The highest BCUT2D eigenvalue weighted by molar-refractivity contribution is 5.93. The van der Waals surface area contributed by atoms with E-state index in [-0.39, 0.29) is 11.8 Å². The first-order chi connectivity index (χ1) is 8.56. The van der Waals surface area contributed by atoms with E-state index in [1.807, 2.05) is 19.9 Å². The van der Waals surface area contributed by atoms with Gasteiger partial charge in [-0.3, -0.25) is 4.79 Å². The highest BCUT2D eigenvalue weighted by Gasteiger charge is 2.26. The Balaban J connectivity index is 2.09. The van der Waals surface area contributed by atoms with E-state index in [2.05, 4.69) is 0 Å². The van der Waals surface area contributed by atoms with Crippen molar-refractivity contribution in [3.63, 3.8) is 0 Å². The lowest BCUT2D eigenvalue weighted by Crippen LogP contribution is -2.30. The number of ketones is 1. The van der Waals surface area contributed by atoms with Crippen molar-refractivity contribution in [3.05, 3.63) is 34.9 Å². The quantitative estimate of drug-likeness (QED) is 0.753. The van der Waals surface area contributed by atoms with E-state index in [1.54, 1.807) is 12.1 Å². The average Bonchev–Trinajstić information content (AvgIpc) is 2.31. The van der Waals surface area contributed by atoms with Crippen LogP contribution in [0.4, 0.5) is 0 Å². The summed E-state index contributed by atoms with van der Waals surface area (Å²) in [6, 6.07) is 5.59. The Hall–Kier alpha value is -1.64. The van der Waals surface area contributed by atoms with Crippen LogP contribution in [-0.2, 0) is 9.53 Å². The molecule has 0 heterocycles. The first-order valence-electron chi connectivity index (χ1n) is 6.38. The third-order valence-corrected chi connectivity index (χ3v) is 3.21. The summed E-state index contributed by atoms with van der Waals surface area (Å²) in [5.41, 5.74) is 2.58. The first-order valence-corrected chi connectivity index (χ1v) is 6.38. The topological polar surface area (TPSA) is 43.4 Å². The predicted molar refractivity (Wildman–Crippen MR) is 68.6 cm³/mol.